The first-order valence-corrected chi connectivity index (χ1v) is 7.66. The van der Waals surface area contributed by atoms with E-state index in [1.807, 2.05) is 0 Å². The Morgan fingerprint density at radius 2 is 2.00 bits per heavy atom. The van der Waals surface area contributed by atoms with E-state index >= 15 is 0 Å². The van der Waals surface area contributed by atoms with E-state index in [1.165, 1.54) is 4.68 Å². The first-order chi connectivity index (χ1) is 10.8. The number of nitro groups is 1. The maximum absolute atomic E-state index is 12.4. The highest BCUT2D eigenvalue weighted by Crippen LogP contribution is 2.28. The lowest BCUT2D eigenvalue weighted by atomic mass is 9.95. The highest BCUT2D eigenvalue weighted by molar-refractivity contribution is 6.42. The SMILES string of the molecule is Cc1cc(C)n(C(=O)CC(C[N+](=O)[O-])c2ccc(Cl)c(Cl)c2)n1. The van der Waals surface area contributed by atoms with Crippen LogP contribution < -0.4 is 0 Å². The fourth-order valence-corrected chi connectivity index (χ4v) is 2.72. The van der Waals surface area contributed by atoms with Crippen LogP contribution in [0.4, 0.5) is 0 Å². The number of carbonyl (C=O) groups is 1. The molecule has 2 aromatic rings. The summed E-state index contributed by atoms with van der Waals surface area (Å²) in [5.74, 6) is -0.898. The number of carbonyl (C=O) groups excluding carboxylic acids is 1. The van der Waals surface area contributed by atoms with Crippen LogP contribution in [0.15, 0.2) is 24.3 Å². The molecule has 6 nitrogen and oxygen atoms in total. The van der Waals surface area contributed by atoms with E-state index in [1.54, 1.807) is 38.1 Å². The molecule has 0 aliphatic rings. The number of rotatable bonds is 5. The zero-order valence-corrected chi connectivity index (χ0v) is 14.1. The number of aromatic nitrogens is 2. The van der Waals surface area contributed by atoms with Crippen molar-refractivity contribution in [2.45, 2.75) is 26.2 Å². The van der Waals surface area contributed by atoms with E-state index in [9.17, 15) is 14.9 Å². The van der Waals surface area contributed by atoms with Gasteiger partial charge in [-0.1, -0.05) is 29.3 Å². The van der Waals surface area contributed by atoms with Gasteiger partial charge in [0.1, 0.15) is 0 Å². The van der Waals surface area contributed by atoms with Gasteiger partial charge in [0.05, 0.1) is 21.7 Å². The molecule has 0 aliphatic carbocycles. The lowest BCUT2D eigenvalue weighted by Crippen LogP contribution is -2.21. The summed E-state index contributed by atoms with van der Waals surface area (Å²) in [6, 6.07) is 6.56. The normalized spacial score (nSPS) is 12.2. The molecule has 0 spiro atoms. The molecule has 1 heterocycles. The number of hydrogen-bond donors (Lipinski definition) is 0. The molecule has 0 bridgehead atoms. The Labute approximate surface area is 143 Å². The molecule has 23 heavy (non-hydrogen) atoms. The van der Waals surface area contributed by atoms with Crippen molar-refractivity contribution in [2.75, 3.05) is 6.54 Å². The van der Waals surface area contributed by atoms with Crippen LogP contribution in [-0.2, 0) is 0 Å². The third-order valence-electron chi connectivity index (χ3n) is 3.45. The van der Waals surface area contributed by atoms with E-state index in [0.29, 0.717) is 21.3 Å². The molecule has 1 unspecified atom stereocenters. The van der Waals surface area contributed by atoms with Crippen LogP contribution in [-0.4, -0.2) is 27.2 Å². The maximum Gasteiger partial charge on any atom is 0.247 e. The average molecular weight is 356 g/mol. The van der Waals surface area contributed by atoms with E-state index in [4.69, 9.17) is 23.2 Å². The van der Waals surface area contributed by atoms with Crippen molar-refractivity contribution in [1.82, 2.24) is 9.78 Å². The Hall–Kier alpha value is -1.92. The van der Waals surface area contributed by atoms with Gasteiger partial charge in [0.15, 0.2) is 0 Å². The summed E-state index contributed by atoms with van der Waals surface area (Å²) >= 11 is 11.8. The molecule has 0 radical (unpaired) electrons. The Balaban J connectivity index is 2.28. The zero-order valence-electron chi connectivity index (χ0n) is 12.6. The molecule has 1 aromatic heterocycles. The van der Waals surface area contributed by atoms with Gasteiger partial charge in [-0.05, 0) is 37.6 Å². The molecule has 0 saturated heterocycles. The number of aryl methyl sites for hydroxylation is 2. The summed E-state index contributed by atoms with van der Waals surface area (Å²) in [5.41, 5.74) is 2.02. The van der Waals surface area contributed by atoms with Crippen molar-refractivity contribution in [3.63, 3.8) is 0 Å². The predicted molar refractivity (Wildman–Crippen MR) is 88.0 cm³/mol. The molecule has 8 heteroatoms. The van der Waals surface area contributed by atoms with Gasteiger partial charge in [-0.3, -0.25) is 14.9 Å². The summed E-state index contributed by atoms with van der Waals surface area (Å²) in [6.07, 6.45) is -0.0408. The second-order valence-corrected chi connectivity index (χ2v) is 6.14. The van der Waals surface area contributed by atoms with Gasteiger partial charge in [0.25, 0.3) is 0 Å². The molecule has 0 amide bonds. The molecule has 122 valence electrons. The number of nitrogens with zero attached hydrogens (tertiary/aromatic N) is 3. The molecule has 1 aromatic carbocycles. The average Bonchev–Trinajstić information content (AvgIpc) is 2.79. The fraction of sp³-hybridized carbons (Fsp3) is 0.333. The van der Waals surface area contributed by atoms with Crippen LogP contribution in [0.5, 0.6) is 0 Å². The topological polar surface area (TPSA) is 78.0 Å². The van der Waals surface area contributed by atoms with Gasteiger partial charge >= 0.3 is 0 Å². The van der Waals surface area contributed by atoms with Gasteiger partial charge in [-0.2, -0.15) is 5.10 Å². The van der Waals surface area contributed by atoms with Gasteiger partial charge in [0, 0.05) is 17.0 Å². The van der Waals surface area contributed by atoms with E-state index in [2.05, 4.69) is 5.10 Å². The number of benzene rings is 1. The van der Waals surface area contributed by atoms with Crippen LogP contribution in [0.1, 0.15) is 34.1 Å². The molecule has 0 fully saturated rings. The van der Waals surface area contributed by atoms with Crippen molar-refractivity contribution in [2.24, 2.45) is 0 Å². The minimum atomic E-state index is -0.601. The highest BCUT2D eigenvalue weighted by atomic mass is 35.5. The summed E-state index contributed by atoms with van der Waals surface area (Å²) in [6.45, 7) is 3.17. The van der Waals surface area contributed by atoms with Crippen molar-refractivity contribution >= 4 is 29.1 Å². The van der Waals surface area contributed by atoms with Crippen LogP contribution in [0.2, 0.25) is 10.0 Å². The van der Waals surface area contributed by atoms with Gasteiger partial charge in [0.2, 0.25) is 12.5 Å². The van der Waals surface area contributed by atoms with Crippen molar-refractivity contribution in [1.29, 1.82) is 0 Å². The number of halogens is 2. The molecule has 0 N–H and O–H groups in total. The summed E-state index contributed by atoms with van der Waals surface area (Å²) < 4.78 is 1.28. The van der Waals surface area contributed by atoms with E-state index in [-0.39, 0.29) is 18.9 Å². The minimum absolute atomic E-state index is 0.0408. The lowest BCUT2D eigenvalue weighted by molar-refractivity contribution is -0.483. The van der Waals surface area contributed by atoms with E-state index in [0.717, 1.165) is 5.69 Å². The van der Waals surface area contributed by atoms with Gasteiger partial charge in [-0.25, -0.2) is 4.68 Å². The predicted octanol–water partition coefficient (Wildman–Crippen LogP) is 3.90. The minimum Gasteiger partial charge on any atom is -0.273 e. The van der Waals surface area contributed by atoms with Gasteiger partial charge in [-0.15, -0.1) is 0 Å². The quantitative estimate of drug-likeness (QED) is 0.601. The first-order valence-electron chi connectivity index (χ1n) is 6.91. The Kier molecular flexibility index (Phi) is 5.38. The Morgan fingerprint density at radius 1 is 1.30 bits per heavy atom. The lowest BCUT2D eigenvalue weighted by Gasteiger charge is -2.14. The molecule has 0 saturated carbocycles. The fourth-order valence-electron chi connectivity index (χ4n) is 2.41. The third kappa shape index (κ3) is 4.30. The van der Waals surface area contributed by atoms with Crippen LogP contribution in [0, 0.1) is 24.0 Å². The summed E-state index contributed by atoms with van der Waals surface area (Å²) in [7, 11) is 0. The van der Waals surface area contributed by atoms with Crippen LogP contribution in [0.3, 0.4) is 0 Å². The summed E-state index contributed by atoms with van der Waals surface area (Å²) in [5, 5.41) is 15.7. The van der Waals surface area contributed by atoms with Crippen LogP contribution in [0.25, 0.3) is 0 Å². The Bertz CT molecular complexity index is 758. The second kappa shape index (κ2) is 7.10. The third-order valence-corrected chi connectivity index (χ3v) is 4.19. The smallest absolute Gasteiger partial charge is 0.247 e. The molecule has 2 rings (SSSR count). The standard InChI is InChI=1S/C15H15Cl2N3O3/c1-9-5-10(2)20(18-9)15(21)7-12(8-19(22)23)11-3-4-13(16)14(17)6-11/h3-6,12H,7-8H2,1-2H3. The largest absolute Gasteiger partial charge is 0.273 e. The van der Waals surface area contributed by atoms with Gasteiger partial charge < -0.3 is 0 Å². The zero-order chi connectivity index (χ0) is 17.1. The molecule has 0 aliphatic heterocycles. The van der Waals surface area contributed by atoms with Crippen molar-refractivity contribution < 1.29 is 9.72 Å². The number of hydrogen-bond acceptors (Lipinski definition) is 4. The highest BCUT2D eigenvalue weighted by Gasteiger charge is 2.24. The van der Waals surface area contributed by atoms with Crippen molar-refractivity contribution in [3.8, 4) is 0 Å². The Morgan fingerprint density at radius 3 is 2.52 bits per heavy atom. The maximum atomic E-state index is 12.4. The molecule has 1 atom stereocenters. The molecular formula is C15H15Cl2N3O3. The molecular weight excluding hydrogens is 341 g/mol. The van der Waals surface area contributed by atoms with Crippen molar-refractivity contribution in [3.05, 3.63) is 61.4 Å². The monoisotopic (exact) mass is 355 g/mol. The first kappa shape index (κ1) is 17.4. The van der Waals surface area contributed by atoms with Crippen LogP contribution >= 0.6 is 23.2 Å². The second-order valence-electron chi connectivity index (χ2n) is 5.32. The van der Waals surface area contributed by atoms with E-state index < -0.39 is 10.8 Å². The summed E-state index contributed by atoms with van der Waals surface area (Å²) in [4.78, 5) is 22.9.